The summed E-state index contributed by atoms with van der Waals surface area (Å²) in [6, 6.07) is 7.55. The first-order valence-electron chi connectivity index (χ1n) is 9.16. The number of benzene rings is 1. The first kappa shape index (κ1) is 24.0. The van der Waals surface area contributed by atoms with E-state index in [-0.39, 0.29) is 24.3 Å². The van der Waals surface area contributed by atoms with Gasteiger partial charge in [-0.25, -0.2) is 4.79 Å². The number of carbonyl (C=O) groups is 2. The average molecular weight is 475 g/mol. The van der Waals surface area contributed by atoms with E-state index in [1.165, 1.54) is 11.3 Å². The second-order valence-corrected chi connectivity index (χ2v) is 9.23. The van der Waals surface area contributed by atoms with E-state index in [0.29, 0.717) is 34.4 Å². The summed E-state index contributed by atoms with van der Waals surface area (Å²) in [6.07, 6.45) is 1.15. The summed E-state index contributed by atoms with van der Waals surface area (Å²) in [7, 11) is 2.05. The molecule has 158 valence electrons. The highest BCUT2D eigenvalue weighted by Crippen LogP contribution is 2.37. The predicted molar refractivity (Wildman–Crippen MR) is 123 cm³/mol. The number of esters is 1. The Kier molecular flexibility index (Phi) is 9.30. The van der Waals surface area contributed by atoms with Gasteiger partial charge in [0.2, 0.25) is 5.91 Å². The van der Waals surface area contributed by atoms with Crippen molar-refractivity contribution in [2.75, 3.05) is 31.3 Å². The molecule has 0 bridgehead atoms. The van der Waals surface area contributed by atoms with Gasteiger partial charge in [0.15, 0.2) is 0 Å². The summed E-state index contributed by atoms with van der Waals surface area (Å²) in [6.45, 7) is 3.78. The molecule has 2 heterocycles. The summed E-state index contributed by atoms with van der Waals surface area (Å²) in [5, 5.41) is 4.25. The first-order chi connectivity index (χ1) is 13.5. The molecule has 0 aliphatic carbocycles. The van der Waals surface area contributed by atoms with Gasteiger partial charge >= 0.3 is 5.97 Å². The molecule has 29 heavy (non-hydrogen) atoms. The Balaban J connectivity index is 0.00000300. The molecule has 0 spiro atoms. The summed E-state index contributed by atoms with van der Waals surface area (Å²) in [4.78, 5) is 29.4. The van der Waals surface area contributed by atoms with Gasteiger partial charge in [0.05, 0.1) is 12.2 Å². The Bertz CT molecular complexity index is 856. The molecule has 1 aliphatic rings. The number of ether oxygens (including phenoxy) is 1. The first-order valence-corrected chi connectivity index (χ1v) is 11.3. The number of thiophene rings is 1. The number of halogens is 2. The van der Waals surface area contributed by atoms with E-state index >= 15 is 0 Å². The van der Waals surface area contributed by atoms with Crippen LogP contribution in [0.25, 0.3) is 0 Å². The number of nitrogens with zero attached hydrogens (tertiary/aromatic N) is 1. The number of nitrogens with one attached hydrogen (secondary N) is 1. The van der Waals surface area contributed by atoms with Crippen molar-refractivity contribution in [1.29, 1.82) is 0 Å². The van der Waals surface area contributed by atoms with Gasteiger partial charge in [0, 0.05) is 40.1 Å². The molecule has 1 aromatic carbocycles. The largest absolute Gasteiger partial charge is 0.462 e. The number of anilines is 1. The lowest BCUT2D eigenvalue weighted by Gasteiger charge is -2.22. The zero-order valence-electron chi connectivity index (χ0n) is 16.3. The SMILES string of the molecule is CCOC(=O)c1c(NC(=O)CCSc2ccc(Cl)cc2)sc2c1CCN(C)C2.Cl. The molecule has 0 fully saturated rings. The Morgan fingerprint density at radius 1 is 1.31 bits per heavy atom. The smallest absolute Gasteiger partial charge is 0.341 e. The fourth-order valence-electron chi connectivity index (χ4n) is 3.02. The van der Waals surface area contributed by atoms with Crippen LogP contribution in [-0.4, -0.2) is 42.7 Å². The zero-order chi connectivity index (χ0) is 20.1. The third-order valence-corrected chi connectivity index (χ3v) is 6.79. The minimum Gasteiger partial charge on any atom is -0.462 e. The van der Waals surface area contributed by atoms with Gasteiger partial charge in [-0.1, -0.05) is 11.6 Å². The topological polar surface area (TPSA) is 58.6 Å². The zero-order valence-corrected chi connectivity index (χ0v) is 19.5. The standard InChI is InChI=1S/C20H23ClN2O3S2.ClH/c1-3-26-20(25)18-15-8-10-23(2)12-16(15)28-19(18)22-17(24)9-11-27-14-6-4-13(21)5-7-14;/h4-7H,3,8-12H2,1-2H3,(H,22,24);1H. The van der Waals surface area contributed by atoms with E-state index in [0.717, 1.165) is 34.8 Å². The number of thioether (sulfide) groups is 1. The monoisotopic (exact) mass is 474 g/mol. The van der Waals surface area contributed by atoms with Crippen LogP contribution in [0.15, 0.2) is 29.2 Å². The van der Waals surface area contributed by atoms with Gasteiger partial charge in [-0.05, 0) is 50.2 Å². The van der Waals surface area contributed by atoms with Crippen molar-refractivity contribution in [1.82, 2.24) is 4.90 Å². The normalized spacial score (nSPS) is 13.3. The predicted octanol–water partition coefficient (Wildman–Crippen LogP) is 5.11. The molecule has 0 saturated carbocycles. The minimum atomic E-state index is -0.351. The average Bonchev–Trinajstić information content (AvgIpc) is 3.00. The Morgan fingerprint density at radius 2 is 2.03 bits per heavy atom. The lowest BCUT2D eigenvalue weighted by molar-refractivity contribution is -0.115. The van der Waals surface area contributed by atoms with Crippen LogP contribution >= 0.6 is 47.1 Å². The van der Waals surface area contributed by atoms with Gasteiger partial charge in [-0.3, -0.25) is 4.79 Å². The molecule has 2 aromatic rings. The summed E-state index contributed by atoms with van der Waals surface area (Å²) in [5.74, 6) is 0.199. The maximum atomic E-state index is 12.5. The van der Waals surface area contributed by atoms with Crippen LogP contribution in [0.3, 0.4) is 0 Å². The van der Waals surface area contributed by atoms with Gasteiger partial charge in [0.25, 0.3) is 0 Å². The molecule has 0 radical (unpaired) electrons. The van der Waals surface area contributed by atoms with Crippen molar-refractivity contribution >= 4 is 64.0 Å². The lowest BCUT2D eigenvalue weighted by Crippen LogP contribution is -2.26. The molecule has 3 rings (SSSR count). The maximum Gasteiger partial charge on any atom is 0.341 e. The highest BCUT2D eigenvalue weighted by Gasteiger charge is 2.28. The lowest BCUT2D eigenvalue weighted by atomic mass is 10.0. The summed E-state index contributed by atoms with van der Waals surface area (Å²) < 4.78 is 5.24. The van der Waals surface area contributed by atoms with Gasteiger partial charge < -0.3 is 15.0 Å². The van der Waals surface area contributed by atoms with Gasteiger partial charge in [0.1, 0.15) is 5.00 Å². The van der Waals surface area contributed by atoms with Crippen LogP contribution in [0.4, 0.5) is 5.00 Å². The van der Waals surface area contributed by atoms with E-state index < -0.39 is 0 Å². The van der Waals surface area contributed by atoms with Crippen molar-refractivity contribution in [2.45, 2.75) is 31.2 Å². The van der Waals surface area contributed by atoms with Gasteiger partial charge in [-0.15, -0.1) is 35.5 Å². The number of carbonyl (C=O) groups excluding carboxylic acids is 2. The maximum absolute atomic E-state index is 12.5. The number of hydrogen-bond acceptors (Lipinski definition) is 6. The molecule has 1 aromatic heterocycles. The number of rotatable bonds is 7. The number of fused-ring (bicyclic) bond motifs is 1. The molecule has 1 aliphatic heterocycles. The second-order valence-electron chi connectivity index (χ2n) is 6.52. The molecular formula is C20H24Cl2N2O3S2. The quantitative estimate of drug-likeness (QED) is 0.446. The summed E-state index contributed by atoms with van der Waals surface area (Å²) in [5.41, 5.74) is 1.56. The number of amides is 1. The van der Waals surface area contributed by atoms with Crippen LogP contribution in [0.2, 0.25) is 5.02 Å². The molecule has 9 heteroatoms. The Hall–Kier alpha value is -1.25. The number of likely N-dealkylation sites (N-methyl/N-ethyl adjacent to an activating group) is 1. The Labute approximate surface area is 190 Å². The van der Waals surface area contributed by atoms with Crippen molar-refractivity contribution in [2.24, 2.45) is 0 Å². The molecule has 1 amide bonds. The van der Waals surface area contributed by atoms with Gasteiger partial charge in [-0.2, -0.15) is 0 Å². The molecule has 1 N–H and O–H groups in total. The fraction of sp³-hybridized carbons (Fsp3) is 0.400. The van der Waals surface area contributed by atoms with Crippen LogP contribution in [0.5, 0.6) is 0 Å². The molecule has 0 atom stereocenters. The molecule has 0 saturated heterocycles. The highest BCUT2D eigenvalue weighted by atomic mass is 35.5. The number of hydrogen-bond donors (Lipinski definition) is 1. The van der Waals surface area contributed by atoms with Crippen LogP contribution in [-0.2, 0) is 22.5 Å². The molecule has 0 unspecified atom stereocenters. The van der Waals surface area contributed by atoms with Crippen molar-refractivity contribution in [3.05, 3.63) is 45.3 Å². The third kappa shape index (κ3) is 6.36. The van der Waals surface area contributed by atoms with Crippen LogP contribution < -0.4 is 5.32 Å². The fourth-order valence-corrected chi connectivity index (χ4v) is 5.33. The van der Waals surface area contributed by atoms with Crippen molar-refractivity contribution < 1.29 is 14.3 Å². The second kappa shape index (κ2) is 11.2. The van der Waals surface area contributed by atoms with E-state index in [4.69, 9.17) is 16.3 Å². The van der Waals surface area contributed by atoms with E-state index in [2.05, 4.69) is 17.3 Å². The van der Waals surface area contributed by atoms with Crippen molar-refractivity contribution in [3.63, 3.8) is 0 Å². The van der Waals surface area contributed by atoms with Crippen LogP contribution in [0.1, 0.15) is 34.1 Å². The van der Waals surface area contributed by atoms with E-state index in [1.54, 1.807) is 18.7 Å². The summed E-state index contributed by atoms with van der Waals surface area (Å²) >= 11 is 8.97. The molecular weight excluding hydrogens is 451 g/mol. The third-order valence-electron chi connectivity index (χ3n) is 4.39. The van der Waals surface area contributed by atoms with E-state index in [1.807, 2.05) is 24.3 Å². The molecule has 5 nitrogen and oxygen atoms in total. The van der Waals surface area contributed by atoms with E-state index in [9.17, 15) is 9.59 Å². The highest BCUT2D eigenvalue weighted by molar-refractivity contribution is 7.99. The minimum absolute atomic E-state index is 0. The van der Waals surface area contributed by atoms with Crippen molar-refractivity contribution in [3.8, 4) is 0 Å². The van der Waals surface area contributed by atoms with Crippen LogP contribution in [0, 0.1) is 0 Å². The Morgan fingerprint density at radius 3 is 2.72 bits per heavy atom.